The Balaban J connectivity index is 0.00000264. The van der Waals surface area contributed by atoms with Crippen LogP contribution in [0.4, 0.5) is 0 Å². The Morgan fingerprint density at radius 2 is 2.00 bits per heavy atom. The first-order valence-corrected chi connectivity index (χ1v) is 8.09. The monoisotopic (exact) mass is 401 g/mol. The van der Waals surface area contributed by atoms with Crippen LogP contribution in [-0.4, -0.2) is 23.0 Å². The number of nitrogens with two attached hydrogens (primary N) is 1. The fourth-order valence-electron chi connectivity index (χ4n) is 2.51. The number of hydrogen-bond donors (Lipinski definition) is 3. The lowest BCUT2D eigenvalue weighted by Gasteiger charge is -2.31. The van der Waals surface area contributed by atoms with Crippen molar-refractivity contribution in [2.45, 2.75) is 32.2 Å². The molecule has 0 aliphatic rings. The third-order valence-corrected chi connectivity index (χ3v) is 4.86. The Kier molecular flexibility index (Phi) is 6.80. The number of aromatic nitrogens is 1. The number of hydrogen-bond acceptors (Lipinski definition) is 3. The van der Waals surface area contributed by atoms with Gasteiger partial charge in [0, 0.05) is 22.5 Å². The van der Waals surface area contributed by atoms with Gasteiger partial charge in [-0.2, -0.15) is 0 Å². The lowest BCUT2D eigenvalue weighted by molar-refractivity contribution is 0.0897. The predicted octanol–water partition coefficient (Wildman–Crippen LogP) is 2.96. The van der Waals surface area contributed by atoms with E-state index < -0.39 is 5.54 Å². The van der Waals surface area contributed by atoms with Crippen molar-refractivity contribution >= 4 is 45.1 Å². The highest BCUT2D eigenvalue weighted by atomic mass is 79.9. The molecule has 0 saturated carbocycles. The summed E-state index contributed by atoms with van der Waals surface area (Å²) >= 11 is 3.39. The third-order valence-electron chi connectivity index (χ3n) is 4.20. The van der Waals surface area contributed by atoms with E-state index >= 15 is 0 Å². The molecule has 126 valence electrons. The first-order valence-electron chi connectivity index (χ1n) is 7.30. The average molecular weight is 403 g/mol. The number of aromatic amines is 1. The van der Waals surface area contributed by atoms with Crippen molar-refractivity contribution in [3.63, 3.8) is 0 Å². The lowest BCUT2D eigenvalue weighted by atomic mass is 9.92. The molecule has 0 fully saturated rings. The van der Waals surface area contributed by atoms with Gasteiger partial charge in [0.05, 0.1) is 16.6 Å². The molecular weight excluding hydrogens is 382 g/mol. The molecule has 0 spiro atoms. The highest BCUT2D eigenvalue weighted by Gasteiger charge is 2.27. The van der Waals surface area contributed by atoms with Crippen molar-refractivity contribution in [3.05, 3.63) is 44.7 Å². The number of benzene rings is 1. The molecule has 0 saturated heterocycles. The number of halogens is 2. The molecule has 1 heterocycles. The fourth-order valence-corrected chi connectivity index (χ4v) is 2.97. The highest BCUT2D eigenvalue weighted by Crippen LogP contribution is 2.24. The fraction of sp³-hybridized carbons (Fsp3) is 0.375. The Hall–Kier alpha value is -1.37. The van der Waals surface area contributed by atoms with Crippen LogP contribution >= 0.6 is 28.3 Å². The highest BCUT2D eigenvalue weighted by molar-refractivity contribution is 9.10. The third kappa shape index (κ3) is 3.94. The Labute approximate surface area is 149 Å². The Morgan fingerprint density at radius 1 is 1.35 bits per heavy atom. The summed E-state index contributed by atoms with van der Waals surface area (Å²) in [4.78, 5) is 27.3. The SMILES string of the molecule is CCC(CC)(CN)NC(=O)c1cc(=O)[nH]c2c(Br)cccc12.Cl. The second-order valence-corrected chi connectivity index (χ2v) is 6.21. The van der Waals surface area contributed by atoms with Crippen LogP contribution in [0.1, 0.15) is 37.0 Å². The van der Waals surface area contributed by atoms with Gasteiger partial charge in [0.2, 0.25) is 5.56 Å². The van der Waals surface area contributed by atoms with Crippen molar-refractivity contribution in [1.29, 1.82) is 0 Å². The van der Waals surface area contributed by atoms with Crippen molar-refractivity contribution in [2.24, 2.45) is 5.73 Å². The maximum atomic E-state index is 12.7. The molecule has 5 nitrogen and oxygen atoms in total. The maximum absolute atomic E-state index is 12.7. The molecule has 0 aliphatic carbocycles. The summed E-state index contributed by atoms with van der Waals surface area (Å²) in [5, 5.41) is 3.70. The number of rotatable bonds is 5. The molecule has 1 aromatic heterocycles. The van der Waals surface area contributed by atoms with Gasteiger partial charge < -0.3 is 16.0 Å². The molecule has 1 aromatic carbocycles. The minimum atomic E-state index is -0.446. The zero-order valence-electron chi connectivity index (χ0n) is 13.1. The molecule has 1 amide bonds. The molecule has 0 atom stereocenters. The van der Waals surface area contributed by atoms with E-state index in [2.05, 4.69) is 26.2 Å². The van der Waals surface area contributed by atoms with E-state index in [1.165, 1.54) is 6.07 Å². The van der Waals surface area contributed by atoms with Crippen LogP contribution in [0.3, 0.4) is 0 Å². The molecule has 0 unspecified atom stereocenters. The predicted molar refractivity (Wildman–Crippen MR) is 99.4 cm³/mol. The first kappa shape index (κ1) is 19.7. The maximum Gasteiger partial charge on any atom is 0.252 e. The van der Waals surface area contributed by atoms with Crippen LogP contribution in [0.2, 0.25) is 0 Å². The van der Waals surface area contributed by atoms with Crippen LogP contribution < -0.4 is 16.6 Å². The summed E-state index contributed by atoms with van der Waals surface area (Å²) in [6, 6.07) is 6.79. The van der Waals surface area contributed by atoms with E-state index in [4.69, 9.17) is 5.73 Å². The molecule has 2 aromatic rings. The van der Waals surface area contributed by atoms with Crippen molar-refractivity contribution in [1.82, 2.24) is 10.3 Å². The number of carbonyl (C=O) groups excluding carboxylic acids is 1. The summed E-state index contributed by atoms with van der Waals surface area (Å²) in [5.74, 6) is -0.275. The summed E-state index contributed by atoms with van der Waals surface area (Å²) in [7, 11) is 0. The number of nitrogens with one attached hydrogen (secondary N) is 2. The zero-order valence-corrected chi connectivity index (χ0v) is 15.5. The van der Waals surface area contributed by atoms with Gasteiger partial charge in [-0.25, -0.2) is 0 Å². The average Bonchev–Trinajstić information content (AvgIpc) is 2.53. The normalized spacial score (nSPS) is 11.1. The quantitative estimate of drug-likeness (QED) is 0.718. The molecule has 0 aliphatic heterocycles. The number of amides is 1. The van der Waals surface area contributed by atoms with Crippen molar-refractivity contribution < 1.29 is 4.79 Å². The van der Waals surface area contributed by atoms with Gasteiger partial charge in [-0.05, 0) is 34.8 Å². The number of pyridine rings is 1. The smallest absolute Gasteiger partial charge is 0.252 e. The molecular formula is C16H21BrClN3O2. The van der Waals surface area contributed by atoms with E-state index in [0.29, 0.717) is 23.0 Å². The number of fused-ring (bicyclic) bond motifs is 1. The zero-order chi connectivity index (χ0) is 16.3. The Bertz CT molecular complexity index is 748. The van der Waals surface area contributed by atoms with Crippen LogP contribution in [0.25, 0.3) is 10.9 Å². The number of H-pyrrole nitrogens is 1. The van der Waals surface area contributed by atoms with Crippen LogP contribution in [-0.2, 0) is 0 Å². The number of carbonyl (C=O) groups is 1. The first-order chi connectivity index (χ1) is 10.5. The molecule has 7 heteroatoms. The second kappa shape index (κ2) is 7.95. The largest absolute Gasteiger partial charge is 0.345 e. The van der Waals surface area contributed by atoms with Crippen molar-refractivity contribution in [3.8, 4) is 0 Å². The van der Waals surface area contributed by atoms with Crippen LogP contribution in [0.5, 0.6) is 0 Å². The van der Waals surface area contributed by atoms with Crippen molar-refractivity contribution in [2.75, 3.05) is 6.54 Å². The van der Waals surface area contributed by atoms with Gasteiger partial charge in [-0.1, -0.05) is 26.0 Å². The molecule has 4 N–H and O–H groups in total. The van der Waals surface area contributed by atoms with E-state index in [1.807, 2.05) is 32.0 Å². The van der Waals surface area contributed by atoms with Gasteiger partial charge >= 0.3 is 0 Å². The molecule has 2 rings (SSSR count). The van der Waals surface area contributed by atoms with Crippen LogP contribution in [0, 0.1) is 0 Å². The standard InChI is InChI=1S/C16H20BrN3O2.ClH/c1-3-16(4-2,9-18)20-15(22)11-8-13(21)19-14-10(11)6-5-7-12(14)17;/h5-8H,3-4,9,18H2,1-2H3,(H,19,21)(H,20,22);1H. The minimum absolute atomic E-state index is 0. The van der Waals surface area contributed by atoms with E-state index in [-0.39, 0.29) is 23.9 Å². The number of para-hydroxylation sites is 1. The van der Waals surface area contributed by atoms with Gasteiger partial charge in [-0.3, -0.25) is 9.59 Å². The summed E-state index contributed by atoms with van der Waals surface area (Å²) in [6.07, 6.45) is 1.47. The van der Waals surface area contributed by atoms with E-state index in [1.54, 1.807) is 0 Å². The molecule has 0 bridgehead atoms. The van der Waals surface area contributed by atoms with E-state index in [0.717, 1.165) is 17.3 Å². The molecule has 23 heavy (non-hydrogen) atoms. The van der Waals surface area contributed by atoms with Gasteiger partial charge in [0.25, 0.3) is 5.91 Å². The summed E-state index contributed by atoms with van der Waals surface area (Å²) in [6.45, 7) is 4.34. The van der Waals surface area contributed by atoms with Crippen LogP contribution in [0.15, 0.2) is 33.5 Å². The van der Waals surface area contributed by atoms with Gasteiger partial charge in [0.1, 0.15) is 0 Å². The summed E-state index contributed by atoms with van der Waals surface area (Å²) in [5.41, 5.74) is 6.05. The topological polar surface area (TPSA) is 88.0 Å². The van der Waals surface area contributed by atoms with Gasteiger partial charge in [0.15, 0.2) is 0 Å². The van der Waals surface area contributed by atoms with E-state index in [9.17, 15) is 9.59 Å². The Morgan fingerprint density at radius 3 is 2.57 bits per heavy atom. The summed E-state index contributed by atoms with van der Waals surface area (Å²) < 4.78 is 0.743. The minimum Gasteiger partial charge on any atom is -0.345 e. The van der Waals surface area contributed by atoms with Gasteiger partial charge in [-0.15, -0.1) is 12.4 Å². The molecule has 0 radical (unpaired) electrons. The second-order valence-electron chi connectivity index (χ2n) is 5.36. The lowest BCUT2D eigenvalue weighted by Crippen LogP contribution is -2.53.